The first-order chi connectivity index (χ1) is 9.74. The smallest absolute Gasteiger partial charge is 0.161 e. The second-order valence-electron chi connectivity index (χ2n) is 4.48. The zero-order valence-electron chi connectivity index (χ0n) is 11.9. The van der Waals surface area contributed by atoms with Crippen LogP contribution in [0.4, 0.5) is 0 Å². The lowest BCUT2D eigenvalue weighted by atomic mass is 10.1. The number of thiazole rings is 1. The first-order valence-electron chi connectivity index (χ1n) is 6.63. The van der Waals surface area contributed by atoms with E-state index in [1.54, 1.807) is 18.4 Å². The fraction of sp³-hybridized carbons (Fsp3) is 0.400. The molecular formula is C15H20N2O2S. The van der Waals surface area contributed by atoms with Gasteiger partial charge >= 0.3 is 0 Å². The van der Waals surface area contributed by atoms with Crippen LogP contribution < -0.4 is 15.2 Å². The second-order valence-corrected chi connectivity index (χ2v) is 5.42. The first kappa shape index (κ1) is 14.8. The van der Waals surface area contributed by atoms with Crippen molar-refractivity contribution in [3.63, 3.8) is 0 Å². The van der Waals surface area contributed by atoms with Gasteiger partial charge in [0.2, 0.25) is 0 Å². The summed E-state index contributed by atoms with van der Waals surface area (Å²) in [4.78, 5) is 5.50. The van der Waals surface area contributed by atoms with Crippen molar-refractivity contribution >= 4 is 11.3 Å². The summed E-state index contributed by atoms with van der Waals surface area (Å²) in [7, 11) is 1.65. The minimum atomic E-state index is 0.621. The van der Waals surface area contributed by atoms with E-state index in [1.165, 1.54) is 4.88 Å². The normalized spacial score (nSPS) is 10.6. The van der Waals surface area contributed by atoms with Crippen LogP contribution in [0.5, 0.6) is 11.5 Å². The predicted octanol–water partition coefficient (Wildman–Crippen LogP) is 2.58. The van der Waals surface area contributed by atoms with Gasteiger partial charge in [0.05, 0.1) is 24.9 Å². The highest BCUT2D eigenvalue weighted by molar-refractivity contribution is 7.09. The number of aryl methyl sites for hydroxylation is 1. The maximum atomic E-state index is 5.81. The van der Waals surface area contributed by atoms with Gasteiger partial charge in [-0.2, -0.15) is 0 Å². The summed E-state index contributed by atoms with van der Waals surface area (Å²) in [5.41, 5.74) is 9.68. The topological polar surface area (TPSA) is 57.4 Å². The quantitative estimate of drug-likeness (QED) is 0.852. The fourth-order valence-electron chi connectivity index (χ4n) is 1.97. The fourth-order valence-corrected chi connectivity index (χ4v) is 2.74. The van der Waals surface area contributed by atoms with Gasteiger partial charge in [-0.1, -0.05) is 6.07 Å². The molecule has 4 nitrogen and oxygen atoms in total. The number of nitrogens with two attached hydrogens (primary N) is 1. The summed E-state index contributed by atoms with van der Waals surface area (Å²) in [5, 5.41) is 0. The molecule has 1 heterocycles. The third-order valence-electron chi connectivity index (χ3n) is 3.09. The van der Waals surface area contributed by atoms with Gasteiger partial charge in [-0.15, -0.1) is 11.3 Å². The van der Waals surface area contributed by atoms with E-state index < -0.39 is 0 Å². The van der Waals surface area contributed by atoms with E-state index in [0.29, 0.717) is 13.2 Å². The molecule has 0 aliphatic heterocycles. The van der Waals surface area contributed by atoms with Crippen LogP contribution >= 0.6 is 11.3 Å². The molecule has 2 rings (SSSR count). The van der Waals surface area contributed by atoms with Crippen molar-refractivity contribution in [2.75, 3.05) is 20.3 Å². The van der Waals surface area contributed by atoms with Gasteiger partial charge in [-0.3, -0.25) is 0 Å². The molecule has 5 heteroatoms. The van der Waals surface area contributed by atoms with E-state index in [0.717, 1.165) is 35.6 Å². The van der Waals surface area contributed by atoms with Crippen molar-refractivity contribution < 1.29 is 9.47 Å². The Morgan fingerprint density at radius 3 is 2.75 bits per heavy atom. The van der Waals surface area contributed by atoms with Crippen LogP contribution in [0.2, 0.25) is 0 Å². The highest BCUT2D eigenvalue weighted by atomic mass is 32.1. The van der Waals surface area contributed by atoms with Crippen LogP contribution in [-0.4, -0.2) is 25.2 Å². The summed E-state index contributed by atoms with van der Waals surface area (Å²) in [6.07, 6.45) is 1.71. The maximum absolute atomic E-state index is 5.81. The molecule has 20 heavy (non-hydrogen) atoms. The molecule has 108 valence electrons. The Balaban J connectivity index is 1.96. The Kier molecular flexibility index (Phi) is 5.38. The summed E-state index contributed by atoms with van der Waals surface area (Å²) in [5.74, 6) is 1.53. The lowest BCUT2D eigenvalue weighted by Crippen LogP contribution is -2.05. The largest absolute Gasteiger partial charge is 0.493 e. The molecule has 0 spiro atoms. The van der Waals surface area contributed by atoms with Gasteiger partial charge in [0.15, 0.2) is 11.5 Å². The molecule has 2 aromatic rings. The van der Waals surface area contributed by atoms with E-state index in [2.05, 4.69) is 4.98 Å². The molecule has 0 atom stereocenters. The molecule has 0 saturated heterocycles. The third kappa shape index (κ3) is 3.71. The van der Waals surface area contributed by atoms with E-state index in [1.807, 2.05) is 30.6 Å². The molecule has 0 aliphatic rings. The van der Waals surface area contributed by atoms with E-state index >= 15 is 0 Å². The number of methoxy groups -OCH3 is 1. The van der Waals surface area contributed by atoms with Crippen LogP contribution in [0.25, 0.3) is 0 Å². The van der Waals surface area contributed by atoms with Crippen molar-refractivity contribution in [2.45, 2.75) is 19.8 Å². The highest BCUT2D eigenvalue weighted by Crippen LogP contribution is 2.28. The zero-order valence-corrected chi connectivity index (χ0v) is 12.7. The molecule has 0 bridgehead atoms. The molecule has 1 aromatic heterocycles. The average molecular weight is 292 g/mol. The van der Waals surface area contributed by atoms with Crippen molar-refractivity contribution in [2.24, 2.45) is 5.73 Å². The molecule has 0 aliphatic carbocycles. The molecule has 0 fully saturated rings. The van der Waals surface area contributed by atoms with E-state index in [-0.39, 0.29) is 0 Å². The van der Waals surface area contributed by atoms with Crippen LogP contribution in [0.1, 0.15) is 16.1 Å². The van der Waals surface area contributed by atoms with Gasteiger partial charge in [0.1, 0.15) is 0 Å². The third-order valence-corrected chi connectivity index (χ3v) is 4.09. The van der Waals surface area contributed by atoms with Crippen molar-refractivity contribution in [3.05, 3.63) is 39.8 Å². The first-order valence-corrected chi connectivity index (χ1v) is 7.51. The van der Waals surface area contributed by atoms with E-state index in [4.69, 9.17) is 15.2 Å². The number of hydrogen-bond acceptors (Lipinski definition) is 5. The number of hydrogen-bond donors (Lipinski definition) is 1. The number of nitrogens with zero attached hydrogens (tertiary/aromatic N) is 1. The molecule has 0 unspecified atom stereocenters. The number of aromatic nitrogens is 1. The standard InChI is InChI=1S/C15H20N2O2S/c1-11-15(20-10-17-11)6-8-19-13-4-3-12(5-7-16)9-14(13)18-2/h3-4,9-10H,5-8,16H2,1-2H3. The summed E-state index contributed by atoms with van der Waals surface area (Å²) >= 11 is 1.67. The second kappa shape index (κ2) is 7.26. The van der Waals surface area contributed by atoms with Crippen molar-refractivity contribution in [1.82, 2.24) is 4.98 Å². The number of ether oxygens (including phenoxy) is 2. The van der Waals surface area contributed by atoms with Crippen LogP contribution in [-0.2, 0) is 12.8 Å². The predicted molar refractivity (Wildman–Crippen MR) is 81.8 cm³/mol. The van der Waals surface area contributed by atoms with Crippen LogP contribution in [0.15, 0.2) is 23.7 Å². The molecule has 1 aromatic carbocycles. The number of benzene rings is 1. The van der Waals surface area contributed by atoms with Gasteiger partial charge < -0.3 is 15.2 Å². The van der Waals surface area contributed by atoms with Gasteiger partial charge in [-0.25, -0.2) is 4.98 Å². The minimum absolute atomic E-state index is 0.621. The molecule has 0 saturated carbocycles. The molecule has 0 amide bonds. The van der Waals surface area contributed by atoms with Crippen LogP contribution in [0.3, 0.4) is 0 Å². The highest BCUT2D eigenvalue weighted by Gasteiger charge is 2.07. The zero-order chi connectivity index (χ0) is 14.4. The van der Waals surface area contributed by atoms with Gasteiger partial charge in [0, 0.05) is 11.3 Å². The SMILES string of the molecule is COc1cc(CCN)ccc1OCCc1scnc1C. The molecular weight excluding hydrogens is 272 g/mol. The Bertz CT molecular complexity index is 555. The van der Waals surface area contributed by atoms with E-state index in [9.17, 15) is 0 Å². The van der Waals surface area contributed by atoms with Gasteiger partial charge in [0.25, 0.3) is 0 Å². The Morgan fingerprint density at radius 1 is 1.25 bits per heavy atom. The Hall–Kier alpha value is -1.59. The Labute approximate surface area is 123 Å². The lowest BCUT2D eigenvalue weighted by molar-refractivity contribution is 0.298. The lowest BCUT2D eigenvalue weighted by Gasteiger charge is -2.12. The minimum Gasteiger partial charge on any atom is -0.493 e. The maximum Gasteiger partial charge on any atom is 0.161 e. The number of rotatable bonds is 7. The molecule has 2 N–H and O–H groups in total. The summed E-state index contributed by atoms with van der Waals surface area (Å²) < 4.78 is 11.2. The summed E-state index contributed by atoms with van der Waals surface area (Å²) in [6, 6.07) is 5.96. The Morgan fingerprint density at radius 2 is 2.10 bits per heavy atom. The van der Waals surface area contributed by atoms with Crippen molar-refractivity contribution in [1.29, 1.82) is 0 Å². The van der Waals surface area contributed by atoms with Gasteiger partial charge in [-0.05, 0) is 37.6 Å². The van der Waals surface area contributed by atoms with Crippen molar-refractivity contribution in [3.8, 4) is 11.5 Å². The molecule has 0 radical (unpaired) electrons. The average Bonchev–Trinajstić information content (AvgIpc) is 2.86. The monoisotopic (exact) mass is 292 g/mol. The summed E-state index contributed by atoms with van der Waals surface area (Å²) in [6.45, 7) is 3.28. The van der Waals surface area contributed by atoms with Crippen LogP contribution in [0, 0.1) is 6.92 Å².